The number of ether oxygens (including phenoxy) is 1. The van der Waals surface area contributed by atoms with Crippen LogP contribution in [0.3, 0.4) is 0 Å². The minimum Gasteiger partial charge on any atom is -0.487 e. The fraction of sp³-hybridized carbons (Fsp3) is 0.600. The van der Waals surface area contributed by atoms with E-state index in [1.807, 2.05) is 18.2 Å². The van der Waals surface area contributed by atoms with Crippen LogP contribution in [0.1, 0.15) is 18.0 Å². The highest BCUT2D eigenvalue weighted by Crippen LogP contribution is 2.37. The Morgan fingerprint density at radius 2 is 2.14 bits per heavy atom. The SMILES string of the molecule is CN1CC(CN)CC1c1ccc(OC2CS(=O)(=O)C2)c(Cl)c1. The Kier molecular flexibility index (Phi) is 4.38. The molecular weight excluding hydrogens is 324 g/mol. The predicted molar refractivity (Wildman–Crippen MR) is 87.1 cm³/mol. The molecule has 0 radical (unpaired) electrons. The van der Waals surface area contributed by atoms with E-state index >= 15 is 0 Å². The third kappa shape index (κ3) is 3.25. The van der Waals surface area contributed by atoms with Crippen molar-refractivity contribution in [1.82, 2.24) is 4.90 Å². The van der Waals surface area contributed by atoms with Gasteiger partial charge in [0, 0.05) is 12.6 Å². The van der Waals surface area contributed by atoms with Gasteiger partial charge in [-0.15, -0.1) is 0 Å². The molecular formula is C15H21ClN2O3S. The molecule has 1 aromatic rings. The summed E-state index contributed by atoms with van der Waals surface area (Å²) in [5.74, 6) is 1.23. The quantitative estimate of drug-likeness (QED) is 0.895. The molecule has 3 rings (SSSR count). The highest BCUT2D eigenvalue weighted by molar-refractivity contribution is 7.92. The van der Waals surface area contributed by atoms with Crippen LogP contribution < -0.4 is 10.5 Å². The van der Waals surface area contributed by atoms with Crippen LogP contribution in [-0.2, 0) is 9.84 Å². The van der Waals surface area contributed by atoms with E-state index in [-0.39, 0.29) is 17.6 Å². The molecule has 2 fully saturated rings. The number of nitrogens with two attached hydrogens (primary N) is 1. The van der Waals surface area contributed by atoms with Crippen molar-refractivity contribution in [2.24, 2.45) is 11.7 Å². The third-order valence-electron chi connectivity index (χ3n) is 4.48. The van der Waals surface area contributed by atoms with Gasteiger partial charge in [-0.1, -0.05) is 17.7 Å². The minimum absolute atomic E-state index is 0.0780. The van der Waals surface area contributed by atoms with Gasteiger partial charge in [0.15, 0.2) is 9.84 Å². The van der Waals surface area contributed by atoms with E-state index in [2.05, 4.69) is 11.9 Å². The van der Waals surface area contributed by atoms with Gasteiger partial charge in [-0.3, -0.25) is 4.90 Å². The summed E-state index contributed by atoms with van der Waals surface area (Å²) in [5, 5.41) is 0.534. The van der Waals surface area contributed by atoms with Crippen LogP contribution in [0.4, 0.5) is 0 Å². The normalized spacial score (nSPS) is 28.5. The van der Waals surface area contributed by atoms with Gasteiger partial charge < -0.3 is 10.5 Å². The maximum atomic E-state index is 11.2. The summed E-state index contributed by atoms with van der Waals surface area (Å²) in [6.45, 7) is 1.70. The zero-order valence-electron chi connectivity index (χ0n) is 12.5. The van der Waals surface area contributed by atoms with Gasteiger partial charge >= 0.3 is 0 Å². The second-order valence-electron chi connectivity index (χ2n) is 6.30. The summed E-state index contributed by atoms with van der Waals surface area (Å²) in [4.78, 5) is 2.29. The van der Waals surface area contributed by atoms with Crippen LogP contribution >= 0.6 is 11.6 Å². The molecule has 2 N–H and O–H groups in total. The standard InChI is InChI=1S/C15H21ClN2O3S/c1-18-7-10(6-17)4-14(18)11-2-3-15(13(16)5-11)21-12-8-22(19,20)9-12/h2-3,5,10,12,14H,4,6-9,17H2,1H3. The second-order valence-corrected chi connectivity index (χ2v) is 8.86. The molecule has 0 amide bonds. The number of benzene rings is 1. The maximum absolute atomic E-state index is 11.2. The van der Waals surface area contributed by atoms with E-state index in [1.165, 1.54) is 0 Å². The number of hydrogen-bond acceptors (Lipinski definition) is 5. The molecule has 0 bridgehead atoms. The van der Waals surface area contributed by atoms with Crippen molar-refractivity contribution < 1.29 is 13.2 Å². The first kappa shape index (κ1) is 16.1. The zero-order valence-corrected chi connectivity index (χ0v) is 14.1. The Labute approximate surface area is 136 Å². The highest BCUT2D eigenvalue weighted by Gasteiger charge is 2.36. The average molecular weight is 345 g/mol. The Morgan fingerprint density at radius 3 is 2.68 bits per heavy atom. The van der Waals surface area contributed by atoms with Crippen molar-refractivity contribution in [3.63, 3.8) is 0 Å². The van der Waals surface area contributed by atoms with Gasteiger partial charge in [0.1, 0.15) is 11.9 Å². The van der Waals surface area contributed by atoms with Gasteiger partial charge in [-0.25, -0.2) is 8.42 Å². The highest BCUT2D eigenvalue weighted by atomic mass is 35.5. The minimum atomic E-state index is -2.89. The summed E-state index contributed by atoms with van der Waals surface area (Å²) in [6.07, 6.45) is 0.758. The molecule has 2 unspecified atom stereocenters. The molecule has 0 spiro atoms. The van der Waals surface area contributed by atoms with Crippen molar-refractivity contribution >= 4 is 21.4 Å². The number of sulfone groups is 1. The zero-order chi connectivity index (χ0) is 15.9. The molecule has 2 aliphatic rings. The van der Waals surface area contributed by atoms with Crippen LogP contribution in [0.5, 0.6) is 5.75 Å². The lowest BCUT2D eigenvalue weighted by Crippen LogP contribution is -2.45. The Hall–Kier alpha value is -0.820. The van der Waals surface area contributed by atoms with Gasteiger partial charge in [0.2, 0.25) is 0 Å². The van der Waals surface area contributed by atoms with E-state index in [4.69, 9.17) is 22.1 Å². The van der Waals surface area contributed by atoms with E-state index < -0.39 is 9.84 Å². The summed E-state index contributed by atoms with van der Waals surface area (Å²) < 4.78 is 28.0. The lowest BCUT2D eigenvalue weighted by molar-refractivity contribution is 0.230. The van der Waals surface area contributed by atoms with Gasteiger partial charge in [0.05, 0.1) is 16.5 Å². The summed E-state index contributed by atoms with van der Waals surface area (Å²) >= 11 is 6.30. The average Bonchev–Trinajstić information content (AvgIpc) is 2.80. The summed E-state index contributed by atoms with van der Waals surface area (Å²) in [6, 6.07) is 6.09. The van der Waals surface area contributed by atoms with Gasteiger partial charge in [-0.2, -0.15) is 0 Å². The van der Waals surface area contributed by atoms with Crippen molar-refractivity contribution in [2.75, 3.05) is 31.6 Å². The molecule has 0 aromatic heterocycles. The first-order chi connectivity index (χ1) is 10.4. The van der Waals surface area contributed by atoms with Crippen LogP contribution in [-0.4, -0.2) is 51.1 Å². The lowest BCUT2D eigenvalue weighted by atomic mass is 10.00. The van der Waals surface area contributed by atoms with Crippen LogP contribution in [0.2, 0.25) is 5.02 Å². The topological polar surface area (TPSA) is 72.6 Å². The summed E-state index contributed by atoms with van der Waals surface area (Å²) in [5.41, 5.74) is 6.92. The first-order valence-corrected chi connectivity index (χ1v) is 9.64. The predicted octanol–water partition coefficient (Wildman–Crippen LogP) is 1.47. The van der Waals surface area contributed by atoms with E-state index in [9.17, 15) is 8.42 Å². The van der Waals surface area contributed by atoms with E-state index in [1.54, 1.807) is 0 Å². The van der Waals surface area contributed by atoms with Crippen molar-refractivity contribution in [1.29, 1.82) is 0 Å². The largest absolute Gasteiger partial charge is 0.487 e. The summed E-state index contributed by atoms with van der Waals surface area (Å²) in [7, 11) is -0.793. The van der Waals surface area contributed by atoms with E-state index in [0.29, 0.717) is 29.3 Å². The molecule has 2 saturated heterocycles. The molecule has 0 saturated carbocycles. The molecule has 2 heterocycles. The fourth-order valence-corrected chi connectivity index (χ4v) is 4.66. The maximum Gasteiger partial charge on any atom is 0.157 e. The van der Waals surface area contributed by atoms with Gasteiger partial charge in [0.25, 0.3) is 0 Å². The van der Waals surface area contributed by atoms with E-state index in [0.717, 1.165) is 18.5 Å². The van der Waals surface area contributed by atoms with Crippen molar-refractivity contribution in [2.45, 2.75) is 18.6 Å². The number of likely N-dealkylation sites (tertiary alicyclic amines) is 1. The molecule has 1 aromatic carbocycles. The first-order valence-electron chi connectivity index (χ1n) is 7.45. The molecule has 2 atom stereocenters. The lowest BCUT2D eigenvalue weighted by Gasteiger charge is -2.27. The second kappa shape index (κ2) is 6.00. The number of hydrogen-bond donors (Lipinski definition) is 1. The van der Waals surface area contributed by atoms with Gasteiger partial charge in [-0.05, 0) is 43.6 Å². The number of rotatable bonds is 4. The molecule has 22 heavy (non-hydrogen) atoms. The van der Waals surface area contributed by atoms with Crippen LogP contribution in [0, 0.1) is 5.92 Å². The van der Waals surface area contributed by atoms with Crippen LogP contribution in [0.15, 0.2) is 18.2 Å². The molecule has 0 aliphatic carbocycles. The number of nitrogens with zero attached hydrogens (tertiary/aromatic N) is 1. The fourth-order valence-electron chi connectivity index (χ4n) is 3.25. The Balaban J connectivity index is 1.70. The molecule has 7 heteroatoms. The molecule has 5 nitrogen and oxygen atoms in total. The molecule has 2 aliphatic heterocycles. The monoisotopic (exact) mass is 344 g/mol. The Bertz CT molecular complexity index is 653. The Morgan fingerprint density at radius 1 is 1.41 bits per heavy atom. The van der Waals surface area contributed by atoms with Crippen LogP contribution in [0.25, 0.3) is 0 Å². The van der Waals surface area contributed by atoms with Crippen molar-refractivity contribution in [3.05, 3.63) is 28.8 Å². The molecule has 122 valence electrons. The smallest absolute Gasteiger partial charge is 0.157 e. The number of halogens is 1. The van der Waals surface area contributed by atoms with Crippen molar-refractivity contribution in [3.8, 4) is 5.75 Å². The third-order valence-corrected chi connectivity index (χ3v) is 6.54.